The van der Waals surface area contributed by atoms with Crippen molar-refractivity contribution in [3.63, 3.8) is 0 Å². The second kappa shape index (κ2) is 7.21. The van der Waals surface area contributed by atoms with E-state index in [2.05, 4.69) is 48.2 Å². The molecule has 0 unspecified atom stereocenters. The minimum Gasteiger partial charge on any atom is -0.295 e. The number of hydrogen-bond acceptors (Lipinski definition) is 6. The van der Waals surface area contributed by atoms with E-state index in [9.17, 15) is 0 Å². The van der Waals surface area contributed by atoms with Crippen LogP contribution in [0.5, 0.6) is 0 Å². The average Bonchev–Trinajstić information content (AvgIpc) is 3.25. The Morgan fingerprint density at radius 3 is 2.61 bits per heavy atom. The van der Waals surface area contributed by atoms with Crippen LogP contribution < -0.4 is 0 Å². The molecule has 3 heterocycles. The van der Waals surface area contributed by atoms with Crippen LogP contribution in [-0.4, -0.2) is 36.1 Å². The molecule has 1 aliphatic carbocycles. The molecule has 5 rings (SSSR count). The predicted octanol–water partition coefficient (Wildman–Crippen LogP) is 4.47. The molecule has 0 N–H and O–H groups in total. The van der Waals surface area contributed by atoms with Gasteiger partial charge in [0.1, 0.15) is 16.7 Å². The minimum atomic E-state index is 0.421. The van der Waals surface area contributed by atoms with Gasteiger partial charge in [-0.15, -0.1) is 10.2 Å². The molecule has 0 amide bonds. The predicted molar refractivity (Wildman–Crippen MR) is 110 cm³/mol. The largest absolute Gasteiger partial charge is 0.295 e. The standard InChI is InChI=1S/C20H23ClN6S/c1-12-22-19(25-28-12)13-3-5-14(6-4-13)20-24-23-18-11-26(2)10-15-9-16(21)7-8-17(15)27(18)20/h7-9,13-14H,3-6,10-11H2,1-2H3. The van der Waals surface area contributed by atoms with E-state index < -0.39 is 0 Å². The van der Waals surface area contributed by atoms with Crippen molar-refractivity contribution in [3.05, 3.63) is 51.3 Å². The zero-order valence-electron chi connectivity index (χ0n) is 16.1. The molecule has 146 valence electrons. The van der Waals surface area contributed by atoms with Crippen LogP contribution in [0.25, 0.3) is 5.69 Å². The first kappa shape index (κ1) is 18.2. The molecule has 28 heavy (non-hydrogen) atoms. The van der Waals surface area contributed by atoms with Crippen LogP contribution >= 0.6 is 23.1 Å². The van der Waals surface area contributed by atoms with Gasteiger partial charge in [-0.3, -0.25) is 9.47 Å². The van der Waals surface area contributed by atoms with Gasteiger partial charge >= 0.3 is 0 Å². The van der Waals surface area contributed by atoms with Crippen LogP contribution in [0.3, 0.4) is 0 Å². The lowest BCUT2D eigenvalue weighted by Crippen LogP contribution is -2.17. The van der Waals surface area contributed by atoms with Gasteiger partial charge in [-0.25, -0.2) is 4.98 Å². The highest BCUT2D eigenvalue weighted by Crippen LogP contribution is 2.40. The van der Waals surface area contributed by atoms with Crippen molar-refractivity contribution < 1.29 is 0 Å². The van der Waals surface area contributed by atoms with E-state index in [4.69, 9.17) is 11.6 Å². The molecule has 3 aromatic rings. The van der Waals surface area contributed by atoms with Crippen molar-refractivity contribution in [1.82, 2.24) is 29.0 Å². The van der Waals surface area contributed by atoms with E-state index in [0.29, 0.717) is 11.8 Å². The Kier molecular flexibility index (Phi) is 4.69. The summed E-state index contributed by atoms with van der Waals surface area (Å²) in [6.07, 6.45) is 4.41. The van der Waals surface area contributed by atoms with Gasteiger partial charge in [-0.05, 0) is 74.9 Å². The highest BCUT2D eigenvalue weighted by Gasteiger charge is 2.31. The quantitative estimate of drug-likeness (QED) is 0.619. The third-order valence-corrected chi connectivity index (χ3v) is 6.76. The molecule has 0 spiro atoms. The smallest absolute Gasteiger partial charge is 0.151 e. The molecule has 2 aliphatic rings. The highest BCUT2D eigenvalue weighted by atomic mass is 35.5. The summed E-state index contributed by atoms with van der Waals surface area (Å²) in [6, 6.07) is 6.15. The monoisotopic (exact) mass is 414 g/mol. The van der Waals surface area contributed by atoms with E-state index in [1.807, 2.05) is 13.0 Å². The van der Waals surface area contributed by atoms with Gasteiger partial charge in [0.2, 0.25) is 0 Å². The summed E-state index contributed by atoms with van der Waals surface area (Å²) < 4.78 is 6.82. The first-order valence-corrected chi connectivity index (χ1v) is 11.0. The van der Waals surface area contributed by atoms with E-state index in [-0.39, 0.29) is 0 Å². The summed E-state index contributed by atoms with van der Waals surface area (Å²) in [6.45, 7) is 3.68. The summed E-state index contributed by atoms with van der Waals surface area (Å²) >= 11 is 7.78. The van der Waals surface area contributed by atoms with Crippen LogP contribution in [0.4, 0.5) is 0 Å². The number of fused-ring (bicyclic) bond motifs is 3. The van der Waals surface area contributed by atoms with Crippen molar-refractivity contribution in [1.29, 1.82) is 0 Å². The Hall–Kier alpha value is -1.83. The summed E-state index contributed by atoms with van der Waals surface area (Å²) in [5, 5.41) is 11.0. The molecule has 1 fully saturated rings. The SMILES string of the molecule is Cc1nc(C2CCC(c3nnc4n3-c3ccc(Cl)cc3CN(C)C4)CC2)ns1. The molecule has 0 atom stereocenters. The van der Waals surface area contributed by atoms with Crippen LogP contribution in [-0.2, 0) is 13.1 Å². The fraction of sp³-hybridized carbons (Fsp3) is 0.500. The van der Waals surface area contributed by atoms with Crippen molar-refractivity contribution in [2.75, 3.05) is 7.05 Å². The van der Waals surface area contributed by atoms with Gasteiger partial charge in [0, 0.05) is 23.4 Å². The van der Waals surface area contributed by atoms with Crippen LogP contribution in [0.1, 0.15) is 65.6 Å². The maximum absolute atomic E-state index is 6.27. The fourth-order valence-electron chi connectivity index (χ4n) is 4.54. The maximum atomic E-state index is 6.27. The van der Waals surface area contributed by atoms with E-state index >= 15 is 0 Å². The second-order valence-corrected chi connectivity index (χ2v) is 9.37. The topological polar surface area (TPSA) is 59.7 Å². The first-order valence-electron chi connectivity index (χ1n) is 9.80. The van der Waals surface area contributed by atoms with Crippen molar-refractivity contribution in [2.24, 2.45) is 0 Å². The Balaban J connectivity index is 1.45. The Morgan fingerprint density at radius 2 is 1.86 bits per heavy atom. The summed E-state index contributed by atoms with van der Waals surface area (Å²) in [4.78, 5) is 6.87. The molecule has 6 nitrogen and oxygen atoms in total. The highest BCUT2D eigenvalue weighted by molar-refractivity contribution is 7.05. The lowest BCUT2D eigenvalue weighted by Gasteiger charge is -2.27. The first-order chi connectivity index (χ1) is 13.6. The Bertz CT molecular complexity index is 1000. The van der Waals surface area contributed by atoms with Crippen molar-refractivity contribution in [2.45, 2.75) is 57.5 Å². The second-order valence-electron chi connectivity index (χ2n) is 7.98. The van der Waals surface area contributed by atoms with Crippen LogP contribution in [0.15, 0.2) is 18.2 Å². The molecule has 8 heteroatoms. The summed E-state index contributed by atoms with van der Waals surface area (Å²) in [5.74, 6) is 4.03. The molecular formula is C20H23ClN6S. The van der Waals surface area contributed by atoms with Gasteiger partial charge < -0.3 is 0 Å². The van der Waals surface area contributed by atoms with Gasteiger partial charge in [0.15, 0.2) is 5.82 Å². The molecule has 0 saturated heterocycles. The fourth-order valence-corrected chi connectivity index (χ4v) is 5.28. The number of benzene rings is 1. The average molecular weight is 415 g/mol. The third kappa shape index (κ3) is 3.25. The molecule has 1 saturated carbocycles. The number of aryl methyl sites for hydroxylation is 1. The lowest BCUT2D eigenvalue weighted by molar-refractivity contribution is 0.315. The van der Waals surface area contributed by atoms with E-state index in [1.54, 1.807) is 0 Å². The van der Waals surface area contributed by atoms with Gasteiger partial charge in [-0.1, -0.05) is 11.6 Å². The maximum Gasteiger partial charge on any atom is 0.151 e. The molecule has 0 bridgehead atoms. The molecule has 1 aromatic carbocycles. The normalized spacial score (nSPS) is 22.5. The Labute approximate surface area is 173 Å². The minimum absolute atomic E-state index is 0.421. The Morgan fingerprint density at radius 1 is 1.07 bits per heavy atom. The van der Waals surface area contributed by atoms with Crippen molar-refractivity contribution in [3.8, 4) is 5.69 Å². The molecule has 2 aromatic heterocycles. The molecule has 0 radical (unpaired) electrons. The lowest BCUT2D eigenvalue weighted by atomic mass is 9.81. The van der Waals surface area contributed by atoms with E-state index in [0.717, 1.165) is 66.3 Å². The zero-order chi connectivity index (χ0) is 19.3. The van der Waals surface area contributed by atoms with Gasteiger partial charge in [-0.2, -0.15) is 4.37 Å². The summed E-state index contributed by atoms with van der Waals surface area (Å²) in [7, 11) is 2.11. The van der Waals surface area contributed by atoms with E-state index in [1.165, 1.54) is 22.8 Å². The number of nitrogens with zero attached hydrogens (tertiary/aromatic N) is 6. The van der Waals surface area contributed by atoms with Crippen molar-refractivity contribution >= 4 is 23.1 Å². The number of halogens is 1. The number of rotatable bonds is 2. The van der Waals surface area contributed by atoms with Crippen LogP contribution in [0, 0.1) is 6.92 Å². The zero-order valence-corrected chi connectivity index (χ0v) is 17.7. The number of hydrogen-bond donors (Lipinski definition) is 0. The van der Waals surface area contributed by atoms with Gasteiger partial charge in [0.05, 0.1) is 12.2 Å². The number of aromatic nitrogens is 5. The third-order valence-electron chi connectivity index (χ3n) is 5.89. The van der Waals surface area contributed by atoms with Gasteiger partial charge in [0.25, 0.3) is 0 Å². The van der Waals surface area contributed by atoms with Crippen LogP contribution in [0.2, 0.25) is 5.02 Å². The molecular weight excluding hydrogens is 392 g/mol. The molecule has 1 aliphatic heterocycles. The summed E-state index contributed by atoms with van der Waals surface area (Å²) in [5.41, 5.74) is 2.40.